The number of nitrogens with zero attached hydrogens (tertiary/aromatic N) is 1. The molecule has 3 aromatic carbocycles. The fraction of sp³-hybridized carbons (Fsp3) is 0.136. The highest BCUT2D eigenvalue weighted by Gasteiger charge is 2.31. The van der Waals surface area contributed by atoms with Gasteiger partial charge in [0, 0.05) is 21.3 Å². The van der Waals surface area contributed by atoms with Gasteiger partial charge >= 0.3 is 6.36 Å². The van der Waals surface area contributed by atoms with Gasteiger partial charge in [0.25, 0.3) is 5.91 Å². The number of aliphatic hydroxyl groups is 1. The normalized spacial score (nSPS) is 12.3. The topological polar surface area (TPSA) is 102 Å². The summed E-state index contributed by atoms with van der Waals surface area (Å²) in [6.45, 7) is -0.284. The average molecular weight is 500 g/mol. The minimum Gasteiger partial charge on any atom is -0.406 e. The molecule has 11 heteroatoms. The van der Waals surface area contributed by atoms with Crippen molar-refractivity contribution in [3.63, 3.8) is 0 Å². The molecule has 5 N–H and O–H groups in total. The summed E-state index contributed by atoms with van der Waals surface area (Å²) < 4.78 is 40.9. The lowest BCUT2D eigenvalue weighted by Gasteiger charge is -2.22. The second-order valence-corrected chi connectivity index (χ2v) is 7.86. The molecule has 0 aromatic heterocycles. The number of ether oxygens (including phenoxy) is 1. The molecule has 1 amide bonds. The third-order valence-corrected chi connectivity index (χ3v) is 5.22. The maximum atomic E-state index is 12.9. The first-order valence-corrected chi connectivity index (χ1v) is 10.2. The minimum absolute atomic E-state index is 0.0556. The van der Waals surface area contributed by atoms with Crippen LogP contribution in [0.15, 0.2) is 60.7 Å². The number of amides is 1. The quantitative estimate of drug-likeness (QED) is 0.187. The molecule has 3 rings (SSSR count). The molecule has 6 nitrogen and oxygen atoms in total. The Hall–Kier alpha value is -2.98. The van der Waals surface area contributed by atoms with E-state index in [4.69, 9.17) is 34.8 Å². The highest BCUT2D eigenvalue weighted by Crippen LogP contribution is 2.30. The number of benzene rings is 3. The van der Waals surface area contributed by atoms with E-state index in [1.807, 2.05) is 0 Å². The number of hydrazine groups is 1. The van der Waals surface area contributed by atoms with Crippen LogP contribution in [-0.2, 0) is 0 Å². The summed E-state index contributed by atoms with van der Waals surface area (Å²) in [4.78, 5) is 12.9. The van der Waals surface area contributed by atoms with Gasteiger partial charge in [-0.25, -0.2) is 5.84 Å². The van der Waals surface area contributed by atoms with E-state index < -0.39 is 18.4 Å². The van der Waals surface area contributed by atoms with Crippen LogP contribution in [0.1, 0.15) is 22.0 Å². The minimum atomic E-state index is -4.80. The fourth-order valence-electron chi connectivity index (χ4n) is 3.06. The summed E-state index contributed by atoms with van der Waals surface area (Å²) in [5, 5.41) is 11.8. The van der Waals surface area contributed by atoms with Crippen molar-refractivity contribution in [1.82, 2.24) is 5.01 Å². The first kappa shape index (κ1) is 24.7. The van der Waals surface area contributed by atoms with E-state index in [1.165, 1.54) is 36.4 Å². The molecule has 0 heterocycles. The van der Waals surface area contributed by atoms with Gasteiger partial charge in [-0.15, -0.1) is 13.2 Å². The molecule has 0 saturated carbocycles. The Morgan fingerprint density at radius 1 is 1.03 bits per heavy atom. The Morgan fingerprint density at radius 3 is 2.27 bits per heavy atom. The zero-order valence-corrected chi connectivity index (χ0v) is 18.3. The van der Waals surface area contributed by atoms with Gasteiger partial charge < -0.3 is 15.6 Å². The van der Waals surface area contributed by atoms with Crippen molar-refractivity contribution in [3.05, 3.63) is 81.8 Å². The van der Waals surface area contributed by atoms with E-state index in [0.29, 0.717) is 21.7 Å². The number of hydrogen-bond acceptors (Lipinski definition) is 5. The molecule has 33 heavy (non-hydrogen) atoms. The Bertz CT molecular complexity index is 1160. The summed E-state index contributed by atoms with van der Waals surface area (Å²) >= 11 is 11.9. The van der Waals surface area contributed by atoms with E-state index in [0.717, 1.165) is 17.1 Å². The summed E-state index contributed by atoms with van der Waals surface area (Å²) in [5.74, 6) is 4.83. The third kappa shape index (κ3) is 6.29. The first-order valence-electron chi connectivity index (χ1n) is 9.40. The fourth-order valence-corrected chi connectivity index (χ4v) is 3.60. The van der Waals surface area contributed by atoms with Gasteiger partial charge in [-0.2, -0.15) is 0 Å². The standard InChI is InChI=1S/C22H18Cl2F3N3O3/c23-14-4-7-16(18(24)10-14)20(31)11-30(29)21(32)17-9-13(3-8-19(17)28)12-1-5-15(6-2-12)33-22(25,26)27/h1-10,20,31H,11,28-29H2. The number of carbonyl (C=O) groups is 1. The molecule has 0 aliphatic rings. The van der Waals surface area contributed by atoms with Crippen LogP contribution in [0.3, 0.4) is 0 Å². The molecule has 1 unspecified atom stereocenters. The number of rotatable bonds is 6. The second kappa shape index (κ2) is 9.88. The lowest BCUT2D eigenvalue weighted by atomic mass is 10.0. The van der Waals surface area contributed by atoms with E-state index in [2.05, 4.69) is 4.74 Å². The number of nitrogen functional groups attached to an aromatic ring is 1. The van der Waals surface area contributed by atoms with E-state index in [9.17, 15) is 23.1 Å². The lowest BCUT2D eigenvalue weighted by Crippen LogP contribution is -2.40. The largest absolute Gasteiger partial charge is 0.573 e. The molecular formula is C22H18Cl2F3N3O3. The van der Waals surface area contributed by atoms with Crippen molar-refractivity contribution in [1.29, 1.82) is 0 Å². The van der Waals surface area contributed by atoms with Gasteiger partial charge in [-0.1, -0.05) is 47.5 Å². The van der Waals surface area contributed by atoms with Gasteiger partial charge in [0.2, 0.25) is 0 Å². The highest BCUT2D eigenvalue weighted by atomic mass is 35.5. The van der Waals surface area contributed by atoms with Crippen LogP contribution in [0.25, 0.3) is 11.1 Å². The lowest BCUT2D eigenvalue weighted by molar-refractivity contribution is -0.274. The zero-order chi connectivity index (χ0) is 24.3. The SMILES string of the molecule is Nc1ccc(-c2ccc(OC(F)(F)F)cc2)cc1C(=O)N(N)CC(O)c1ccc(Cl)cc1Cl. The van der Waals surface area contributed by atoms with Crippen LogP contribution >= 0.6 is 23.2 Å². The average Bonchev–Trinajstić information content (AvgIpc) is 2.73. The Balaban J connectivity index is 1.78. The molecule has 1 atom stereocenters. The first-order chi connectivity index (χ1) is 15.4. The third-order valence-electron chi connectivity index (χ3n) is 4.66. The molecule has 0 radical (unpaired) electrons. The van der Waals surface area contributed by atoms with Crippen LogP contribution in [0.4, 0.5) is 18.9 Å². The highest BCUT2D eigenvalue weighted by molar-refractivity contribution is 6.35. The predicted octanol–water partition coefficient (Wildman–Crippen LogP) is 5.19. The van der Waals surface area contributed by atoms with Crippen LogP contribution in [-0.4, -0.2) is 28.9 Å². The Labute approximate surface area is 197 Å². The van der Waals surface area contributed by atoms with Crippen LogP contribution < -0.4 is 16.3 Å². The van der Waals surface area contributed by atoms with Crippen LogP contribution in [0, 0.1) is 0 Å². The molecule has 0 saturated heterocycles. The summed E-state index contributed by atoms with van der Waals surface area (Å²) in [6, 6.07) is 14.2. The van der Waals surface area contributed by atoms with Crippen molar-refractivity contribution in [3.8, 4) is 16.9 Å². The number of alkyl halides is 3. The summed E-state index contributed by atoms with van der Waals surface area (Å²) in [7, 11) is 0. The maximum absolute atomic E-state index is 12.9. The number of anilines is 1. The second-order valence-electron chi connectivity index (χ2n) is 7.01. The summed E-state index contributed by atoms with van der Waals surface area (Å²) in [5.41, 5.74) is 7.50. The maximum Gasteiger partial charge on any atom is 0.573 e. The molecular weight excluding hydrogens is 482 g/mol. The van der Waals surface area contributed by atoms with Gasteiger partial charge in [0.1, 0.15) is 5.75 Å². The van der Waals surface area contributed by atoms with Crippen molar-refractivity contribution in [2.45, 2.75) is 12.5 Å². The van der Waals surface area contributed by atoms with E-state index in [-0.39, 0.29) is 28.6 Å². The van der Waals surface area contributed by atoms with Gasteiger partial charge in [-0.3, -0.25) is 9.80 Å². The van der Waals surface area contributed by atoms with Gasteiger partial charge in [0.15, 0.2) is 0 Å². The number of hydrogen-bond donors (Lipinski definition) is 3. The van der Waals surface area contributed by atoms with Gasteiger partial charge in [-0.05, 0) is 47.5 Å². The Kier molecular flexibility index (Phi) is 7.38. The van der Waals surface area contributed by atoms with Gasteiger partial charge in [0.05, 0.1) is 18.2 Å². The van der Waals surface area contributed by atoms with Crippen molar-refractivity contribution >= 4 is 34.8 Å². The number of halogens is 5. The van der Waals surface area contributed by atoms with Crippen molar-refractivity contribution in [2.75, 3.05) is 12.3 Å². The molecule has 0 aliphatic heterocycles. The van der Waals surface area contributed by atoms with Crippen LogP contribution in [0.2, 0.25) is 10.0 Å². The number of aliphatic hydroxyl groups excluding tert-OH is 1. The zero-order valence-electron chi connectivity index (χ0n) is 16.8. The molecule has 0 fully saturated rings. The molecule has 174 valence electrons. The Morgan fingerprint density at radius 2 is 1.67 bits per heavy atom. The smallest absolute Gasteiger partial charge is 0.406 e. The van der Waals surface area contributed by atoms with E-state index >= 15 is 0 Å². The van der Waals surface area contributed by atoms with Crippen LogP contribution in [0.5, 0.6) is 5.75 Å². The van der Waals surface area contributed by atoms with Crippen molar-refractivity contribution in [2.24, 2.45) is 5.84 Å². The predicted molar refractivity (Wildman–Crippen MR) is 120 cm³/mol. The molecule has 3 aromatic rings. The van der Waals surface area contributed by atoms with Crippen molar-refractivity contribution < 1.29 is 27.8 Å². The summed E-state index contributed by atoms with van der Waals surface area (Å²) in [6.07, 6.45) is -5.98. The van der Waals surface area contributed by atoms with E-state index in [1.54, 1.807) is 12.1 Å². The molecule has 0 bridgehead atoms. The number of nitrogens with two attached hydrogens (primary N) is 2. The molecule has 0 spiro atoms. The molecule has 0 aliphatic carbocycles. The number of carbonyl (C=O) groups excluding carboxylic acids is 1. The monoisotopic (exact) mass is 499 g/mol.